The van der Waals surface area contributed by atoms with Gasteiger partial charge in [-0.3, -0.25) is 0 Å². The van der Waals surface area contributed by atoms with Crippen LogP contribution in [0.4, 0.5) is 0 Å². The van der Waals surface area contributed by atoms with Gasteiger partial charge in [-0.25, -0.2) is 0 Å². The van der Waals surface area contributed by atoms with Gasteiger partial charge in [-0.1, -0.05) is 0 Å². The molecule has 0 saturated carbocycles. The van der Waals surface area contributed by atoms with Crippen LogP contribution in [0.5, 0.6) is 0 Å². The van der Waals surface area contributed by atoms with Crippen molar-refractivity contribution in [2.24, 2.45) is 0 Å². The van der Waals surface area contributed by atoms with Gasteiger partial charge in [-0.2, -0.15) is 0 Å². The van der Waals surface area contributed by atoms with Crippen LogP contribution in [-0.2, 0) is 0 Å². The van der Waals surface area contributed by atoms with Crippen LogP contribution in [0, 0.1) is 6.42 Å². The number of allylic oxidation sites excluding steroid dienone is 6. The Bertz CT molecular complexity index is 185. The fourth-order valence-electron chi connectivity index (χ4n) is 0.549. The van der Waals surface area contributed by atoms with Gasteiger partial charge in [-0.05, 0) is 0 Å². The van der Waals surface area contributed by atoms with Crippen LogP contribution in [0.25, 0.3) is 0 Å². The number of hydrogen-bond acceptors (Lipinski definition) is 0. The quantitative estimate of drug-likeness (QED) is 0.494. The molecular formula is C8H7Se. The molecule has 0 heterocycles. The topological polar surface area (TPSA) is 0 Å². The zero-order chi connectivity index (χ0) is 6.53. The second kappa shape index (κ2) is 3.60. The van der Waals surface area contributed by atoms with E-state index in [0.717, 1.165) is 4.42 Å². The minimum absolute atomic E-state index is 1.16. The average Bonchev–Trinajstić information content (AvgIpc) is 1.79. The summed E-state index contributed by atoms with van der Waals surface area (Å²) in [5.74, 6) is 0. The molecule has 0 bridgehead atoms. The molecule has 0 fully saturated rings. The molecule has 9 heavy (non-hydrogen) atoms. The molecule has 0 aromatic carbocycles. The molecule has 1 aliphatic carbocycles. The van der Waals surface area contributed by atoms with E-state index in [2.05, 4.69) is 15.6 Å². The predicted octanol–water partition coefficient (Wildman–Crippen LogP) is 1.21. The molecule has 1 heteroatoms. The van der Waals surface area contributed by atoms with Crippen molar-refractivity contribution in [3.05, 3.63) is 42.9 Å². The van der Waals surface area contributed by atoms with Crippen molar-refractivity contribution in [2.75, 3.05) is 0 Å². The van der Waals surface area contributed by atoms with E-state index in [1.807, 2.05) is 42.9 Å². The van der Waals surface area contributed by atoms with Crippen molar-refractivity contribution < 1.29 is 0 Å². The van der Waals surface area contributed by atoms with Crippen molar-refractivity contribution in [1.29, 1.82) is 0 Å². The van der Waals surface area contributed by atoms with E-state index in [1.54, 1.807) is 0 Å². The van der Waals surface area contributed by atoms with Crippen LogP contribution in [-0.4, -0.2) is 20.0 Å². The summed E-state index contributed by atoms with van der Waals surface area (Å²) in [7, 11) is 0. The first kappa shape index (κ1) is 6.73. The Hall–Kier alpha value is -0.391. The van der Waals surface area contributed by atoms with E-state index >= 15 is 0 Å². The van der Waals surface area contributed by atoms with Crippen LogP contribution < -0.4 is 0 Å². The van der Waals surface area contributed by atoms with Crippen molar-refractivity contribution in [3.8, 4) is 0 Å². The SMILES string of the molecule is [Se]=C1[CH]\C=C/C=C\C=C/1. The first-order valence-electron chi connectivity index (χ1n) is 2.78. The summed E-state index contributed by atoms with van der Waals surface area (Å²) < 4.78 is 1.16. The molecule has 0 amide bonds. The molecule has 1 radical (unpaired) electrons. The maximum absolute atomic E-state index is 2.94. The van der Waals surface area contributed by atoms with Crippen molar-refractivity contribution >= 4 is 20.0 Å². The van der Waals surface area contributed by atoms with Gasteiger partial charge < -0.3 is 0 Å². The molecule has 0 atom stereocenters. The van der Waals surface area contributed by atoms with Crippen LogP contribution >= 0.6 is 0 Å². The van der Waals surface area contributed by atoms with Crippen LogP contribution in [0.1, 0.15) is 0 Å². The summed E-state index contributed by atoms with van der Waals surface area (Å²) in [5, 5.41) is 0. The third-order valence-corrected chi connectivity index (χ3v) is 1.54. The molecule has 0 spiro atoms. The molecule has 0 N–H and O–H groups in total. The normalized spacial score (nSPS) is 28.2. The van der Waals surface area contributed by atoms with Crippen LogP contribution in [0.15, 0.2) is 36.5 Å². The summed E-state index contributed by atoms with van der Waals surface area (Å²) in [5.41, 5.74) is 0. The molecule has 0 nitrogen and oxygen atoms in total. The number of rotatable bonds is 0. The molecule has 0 aromatic heterocycles. The van der Waals surface area contributed by atoms with Crippen LogP contribution in [0.3, 0.4) is 0 Å². The predicted molar refractivity (Wildman–Crippen MR) is 42.5 cm³/mol. The van der Waals surface area contributed by atoms with Gasteiger partial charge in [-0.15, -0.1) is 0 Å². The van der Waals surface area contributed by atoms with E-state index in [9.17, 15) is 0 Å². The fraction of sp³-hybridized carbons (Fsp3) is 0. The summed E-state index contributed by atoms with van der Waals surface area (Å²) in [4.78, 5) is 0. The average molecular weight is 182 g/mol. The monoisotopic (exact) mass is 183 g/mol. The van der Waals surface area contributed by atoms with Gasteiger partial charge in [0.15, 0.2) is 0 Å². The van der Waals surface area contributed by atoms with E-state index in [1.165, 1.54) is 0 Å². The Labute approximate surface area is 63.3 Å². The van der Waals surface area contributed by atoms with E-state index < -0.39 is 0 Å². The zero-order valence-electron chi connectivity index (χ0n) is 4.95. The van der Waals surface area contributed by atoms with Gasteiger partial charge in [0.2, 0.25) is 0 Å². The summed E-state index contributed by atoms with van der Waals surface area (Å²) in [6, 6.07) is 0. The van der Waals surface area contributed by atoms with Crippen molar-refractivity contribution in [1.82, 2.24) is 0 Å². The van der Waals surface area contributed by atoms with Gasteiger partial charge in [0.05, 0.1) is 0 Å². The van der Waals surface area contributed by atoms with Gasteiger partial charge in [0.25, 0.3) is 0 Å². The molecule has 0 aliphatic heterocycles. The van der Waals surface area contributed by atoms with E-state index in [-0.39, 0.29) is 0 Å². The number of hydrogen-bond donors (Lipinski definition) is 0. The summed E-state index contributed by atoms with van der Waals surface area (Å²) >= 11 is 2.94. The van der Waals surface area contributed by atoms with Crippen LogP contribution in [0.2, 0.25) is 0 Å². The third kappa shape index (κ3) is 2.59. The second-order valence-corrected chi connectivity index (χ2v) is 2.69. The molecule has 1 rings (SSSR count). The Kier molecular flexibility index (Phi) is 2.69. The molecule has 0 unspecified atom stereocenters. The molecular weight excluding hydrogens is 175 g/mol. The van der Waals surface area contributed by atoms with Crippen molar-refractivity contribution in [2.45, 2.75) is 0 Å². The Balaban J connectivity index is 2.70. The summed E-state index contributed by atoms with van der Waals surface area (Å²) in [6.45, 7) is 0. The fourth-order valence-corrected chi connectivity index (χ4v) is 0.878. The molecule has 0 saturated heterocycles. The first-order valence-corrected chi connectivity index (χ1v) is 3.64. The summed E-state index contributed by atoms with van der Waals surface area (Å²) in [6.07, 6.45) is 14.1. The minimum atomic E-state index is 1.16. The Morgan fingerprint density at radius 1 is 0.889 bits per heavy atom. The zero-order valence-corrected chi connectivity index (χ0v) is 6.66. The van der Waals surface area contributed by atoms with E-state index in [0.29, 0.717) is 0 Å². The second-order valence-electron chi connectivity index (χ2n) is 1.70. The first-order chi connectivity index (χ1) is 4.39. The molecule has 45 valence electrons. The standard InChI is InChI=1S/C8H7Se/c9-8-6-4-2-1-3-5-7-8/h1-7H/b2-1-,5-3-,6-4-. The van der Waals surface area contributed by atoms with Crippen molar-refractivity contribution in [3.63, 3.8) is 0 Å². The molecule has 0 aromatic rings. The van der Waals surface area contributed by atoms with Gasteiger partial charge in [0.1, 0.15) is 0 Å². The van der Waals surface area contributed by atoms with Gasteiger partial charge in [0, 0.05) is 0 Å². The maximum atomic E-state index is 2.94. The Morgan fingerprint density at radius 3 is 2.44 bits per heavy atom. The van der Waals surface area contributed by atoms with Gasteiger partial charge >= 0.3 is 62.9 Å². The Morgan fingerprint density at radius 2 is 1.56 bits per heavy atom. The van der Waals surface area contributed by atoms with E-state index in [4.69, 9.17) is 0 Å². The third-order valence-electron chi connectivity index (χ3n) is 0.965. The molecule has 1 aliphatic rings.